The van der Waals surface area contributed by atoms with Crippen molar-refractivity contribution in [3.05, 3.63) is 47.0 Å². The number of carbonyl (C=O) groups is 1. The highest BCUT2D eigenvalue weighted by atomic mass is 16.2. The van der Waals surface area contributed by atoms with E-state index in [4.69, 9.17) is 0 Å². The highest BCUT2D eigenvalue weighted by molar-refractivity contribution is 5.74. The number of carbonyl (C=O) groups excluding carboxylic acids is 1. The van der Waals surface area contributed by atoms with Crippen LogP contribution in [0.3, 0.4) is 0 Å². The average Bonchev–Trinajstić information content (AvgIpc) is 2.71. The molecule has 1 unspecified atom stereocenters. The van der Waals surface area contributed by atoms with E-state index < -0.39 is 0 Å². The zero-order valence-corrected chi connectivity index (χ0v) is 12.8. The minimum Gasteiger partial charge on any atom is -0.334 e. The summed E-state index contributed by atoms with van der Waals surface area (Å²) >= 11 is 0. The number of pyridine rings is 1. The minimum absolute atomic E-state index is 0.0869. The van der Waals surface area contributed by atoms with Crippen LogP contribution in [0.15, 0.2) is 24.5 Å². The van der Waals surface area contributed by atoms with Crippen LogP contribution in [0.4, 0.5) is 4.79 Å². The smallest absolute Gasteiger partial charge is 0.315 e. The molecule has 6 nitrogen and oxygen atoms in total. The number of amides is 2. The summed E-state index contributed by atoms with van der Waals surface area (Å²) in [5.41, 5.74) is 4.09. The molecular formula is C15H21N5O. The largest absolute Gasteiger partial charge is 0.334 e. The van der Waals surface area contributed by atoms with E-state index in [2.05, 4.69) is 20.7 Å². The van der Waals surface area contributed by atoms with Gasteiger partial charge in [0, 0.05) is 37.2 Å². The van der Waals surface area contributed by atoms with Crippen molar-refractivity contribution in [1.29, 1.82) is 0 Å². The van der Waals surface area contributed by atoms with Crippen LogP contribution in [0.2, 0.25) is 0 Å². The first-order valence-corrected chi connectivity index (χ1v) is 6.92. The maximum absolute atomic E-state index is 12.0. The number of nitrogens with one attached hydrogen (secondary N) is 2. The van der Waals surface area contributed by atoms with Crippen LogP contribution in [-0.4, -0.2) is 20.8 Å². The van der Waals surface area contributed by atoms with E-state index in [1.807, 2.05) is 44.6 Å². The Morgan fingerprint density at radius 3 is 2.57 bits per heavy atom. The van der Waals surface area contributed by atoms with E-state index in [0.29, 0.717) is 6.54 Å². The Balaban J connectivity index is 1.93. The molecular weight excluding hydrogens is 266 g/mol. The van der Waals surface area contributed by atoms with E-state index in [-0.39, 0.29) is 12.1 Å². The number of aryl methyl sites for hydroxylation is 2. The first-order chi connectivity index (χ1) is 9.99. The third-order valence-electron chi connectivity index (χ3n) is 3.55. The standard InChI is InChI=1S/C15H21N5O/c1-10(14-11(2)19-20(4)12(14)3)18-15(21)17-9-13-5-7-16-8-6-13/h5-8,10H,9H2,1-4H3,(H2,17,18,21). The Hall–Kier alpha value is -2.37. The van der Waals surface area contributed by atoms with Crippen LogP contribution in [0.5, 0.6) is 0 Å². The second-order valence-corrected chi connectivity index (χ2v) is 5.11. The summed E-state index contributed by atoms with van der Waals surface area (Å²) in [4.78, 5) is 15.9. The normalized spacial score (nSPS) is 12.0. The highest BCUT2D eigenvalue weighted by Crippen LogP contribution is 2.20. The lowest BCUT2D eigenvalue weighted by atomic mass is 10.1. The summed E-state index contributed by atoms with van der Waals surface area (Å²) < 4.78 is 1.83. The molecule has 2 heterocycles. The van der Waals surface area contributed by atoms with Gasteiger partial charge < -0.3 is 10.6 Å². The second-order valence-electron chi connectivity index (χ2n) is 5.11. The van der Waals surface area contributed by atoms with Gasteiger partial charge in [-0.3, -0.25) is 9.67 Å². The van der Waals surface area contributed by atoms with Gasteiger partial charge in [-0.15, -0.1) is 0 Å². The molecule has 2 aromatic heterocycles. The molecule has 21 heavy (non-hydrogen) atoms. The Morgan fingerprint density at radius 1 is 1.33 bits per heavy atom. The summed E-state index contributed by atoms with van der Waals surface area (Å²) in [6.07, 6.45) is 3.42. The first-order valence-electron chi connectivity index (χ1n) is 6.92. The number of hydrogen-bond acceptors (Lipinski definition) is 3. The Kier molecular flexibility index (Phi) is 4.57. The number of aromatic nitrogens is 3. The maximum atomic E-state index is 12.0. The van der Waals surface area contributed by atoms with Crippen LogP contribution in [-0.2, 0) is 13.6 Å². The van der Waals surface area contributed by atoms with Gasteiger partial charge in [0.25, 0.3) is 0 Å². The third kappa shape index (κ3) is 3.59. The summed E-state index contributed by atoms with van der Waals surface area (Å²) in [6.45, 7) is 6.40. The van der Waals surface area contributed by atoms with Crippen molar-refractivity contribution in [2.75, 3.05) is 0 Å². The number of urea groups is 1. The molecule has 0 saturated heterocycles. The molecule has 0 aliphatic heterocycles. The lowest BCUT2D eigenvalue weighted by Crippen LogP contribution is -2.36. The zero-order chi connectivity index (χ0) is 15.4. The summed E-state index contributed by atoms with van der Waals surface area (Å²) in [5, 5.41) is 10.2. The molecule has 0 aromatic carbocycles. The van der Waals surface area contributed by atoms with Crippen LogP contribution in [0, 0.1) is 13.8 Å². The number of nitrogens with zero attached hydrogens (tertiary/aromatic N) is 3. The monoisotopic (exact) mass is 287 g/mol. The Labute approximate surface area is 124 Å². The summed E-state index contributed by atoms with van der Waals surface area (Å²) in [7, 11) is 1.90. The summed E-state index contributed by atoms with van der Waals surface area (Å²) in [5.74, 6) is 0. The summed E-state index contributed by atoms with van der Waals surface area (Å²) in [6, 6.07) is 3.47. The van der Waals surface area contributed by atoms with Crippen molar-refractivity contribution in [3.63, 3.8) is 0 Å². The molecule has 2 rings (SSSR count). The molecule has 2 aromatic rings. The number of hydrogen-bond donors (Lipinski definition) is 2. The minimum atomic E-state index is -0.193. The van der Waals surface area contributed by atoms with Crippen molar-refractivity contribution in [3.8, 4) is 0 Å². The molecule has 0 aliphatic rings. The van der Waals surface area contributed by atoms with Crippen LogP contribution < -0.4 is 10.6 Å². The Bertz CT molecular complexity index is 620. The lowest BCUT2D eigenvalue weighted by Gasteiger charge is -2.15. The van der Waals surface area contributed by atoms with Gasteiger partial charge in [-0.2, -0.15) is 5.10 Å². The van der Waals surface area contributed by atoms with Crippen LogP contribution >= 0.6 is 0 Å². The second kappa shape index (κ2) is 6.39. The van der Waals surface area contributed by atoms with Crippen molar-refractivity contribution >= 4 is 6.03 Å². The molecule has 112 valence electrons. The van der Waals surface area contributed by atoms with Gasteiger partial charge in [0.2, 0.25) is 0 Å². The fourth-order valence-electron chi connectivity index (χ4n) is 2.42. The quantitative estimate of drug-likeness (QED) is 0.903. The van der Waals surface area contributed by atoms with Gasteiger partial charge in [0.15, 0.2) is 0 Å². The van der Waals surface area contributed by atoms with E-state index in [1.54, 1.807) is 12.4 Å². The molecule has 1 atom stereocenters. The van der Waals surface area contributed by atoms with E-state index >= 15 is 0 Å². The fourth-order valence-corrected chi connectivity index (χ4v) is 2.42. The zero-order valence-electron chi connectivity index (χ0n) is 12.8. The van der Waals surface area contributed by atoms with Crippen molar-refractivity contribution in [1.82, 2.24) is 25.4 Å². The molecule has 2 amide bonds. The van der Waals surface area contributed by atoms with Gasteiger partial charge in [-0.25, -0.2) is 4.79 Å². The molecule has 0 saturated carbocycles. The SMILES string of the molecule is Cc1nn(C)c(C)c1C(C)NC(=O)NCc1ccncc1. The molecule has 0 bridgehead atoms. The lowest BCUT2D eigenvalue weighted by molar-refractivity contribution is 0.237. The highest BCUT2D eigenvalue weighted by Gasteiger charge is 2.17. The predicted molar refractivity (Wildman–Crippen MR) is 80.7 cm³/mol. The average molecular weight is 287 g/mol. The van der Waals surface area contributed by atoms with Gasteiger partial charge in [-0.1, -0.05) is 0 Å². The van der Waals surface area contributed by atoms with Gasteiger partial charge >= 0.3 is 6.03 Å². The molecule has 0 fully saturated rings. The third-order valence-corrected chi connectivity index (χ3v) is 3.55. The molecule has 6 heteroatoms. The van der Waals surface area contributed by atoms with Crippen molar-refractivity contribution in [2.45, 2.75) is 33.4 Å². The molecule has 0 radical (unpaired) electrons. The van der Waals surface area contributed by atoms with Crippen molar-refractivity contribution < 1.29 is 4.79 Å². The molecule has 0 spiro atoms. The van der Waals surface area contributed by atoms with E-state index in [9.17, 15) is 4.79 Å². The van der Waals surface area contributed by atoms with E-state index in [1.165, 1.54) is 0 Å². The van der Waals surface area contributed by atoms with Gasteiger partial charge in [0.05, 0.1) is 11.7 Å². The van der Waals surface area contributed by atoms with E-state index in [0.717, 1.165) is 22.5 Å². The van der Waals surface area contributed by atoms with Crippen LogP contribution in [0.25, 0.3) is 0 Å². The van der Waals surface area contributed by atoms with Gasteiger partial charge in [0.1, 0.15) is 0 Å². The topological polar surface area (TPSA) is 71.8 Å². The first kappa shape index (κ1) is 15.0. The van der Waals surface area contributed by atoms with Crippen LogP contribution in [0.1, 0.15) is 35.5 Å². The molecule has 0 aliphatic carbocycles. The van der Waals surface area contributed by atoms with Crippen molar-refractivity contribution in [2.24, 2.45) is 7.05 Å². The Morgan fingerprint density at radius 2 is 2.00 bits per heavy atom. The fraction of sp³-hybridized carbons (Fsp3) is 0.400. The predicted octanol–water partition coefficient (Wildman–Crippen LogP) is 1.99. The number of rotatable bonds is 4. The molecule has 2 N–H and O–H groups in total. The van der Waals surface area contributed by atoms with Gasteiger partial charge in [-0.05, 0) is 38.5 Å². The maximum Gasteiger partial charge on any atom is 0.315 e.